The molecule has 0 heterocycles. The summed E-state index contributed by atoms with van der Waals surface area (Å²) < 4.78 is 6.56. The normalized spacial score (nSPS) is 10.2. The third-order valence-corrected chi connectivity index (χ3v) is 3.14. The van der Waals surface area contributed by atoms with E-state index in [-0.39, 0.29) is 5.56 Å². The molecule has 0 fully saturated rings. The largest absolute Gasteiger partial charge is 0.488 e. The predicted molar refractivity (Wildman–Crippen MR) is 76.6 cm³/mol. The van der Waals surface area contributed by atoms with Crippen molar-refractivity contribution in [2.45, 2.75) is 13.5 Å². The van der Waals surface area contributed by atoms with Gasteiger partial charge in [-0.25, -0.2) is 4.79 Å². The van der Waals surface area contributed by atoms with Crippen LogP contribution in [0.5, 0.6) is 5.75 Å². The fraction of sp³-hybridized carbons (Fsp3) is 0.133. The first-order chi connectivity index (χ1) is 9.06. The molecular weight excluding hydrogens is 308 g/mol. The van der Waals surface area contributed by atoms with Crippen LogP contribution in [0.15, 0.2) is 46.9 Å². The van der Waals surface area contributed by atoms with Crippen molar-refractivity contribution < 1.29 is 14.6 Å². The first kappa shape index (κ1) is 13.6. The molecule has 1 N–H and O–H groups in total. The Morgan fingerprint density at radius 1 is 1.26 bits per heavy atom. The summed E-state index contributed by atoms with van der Waals surface area (Å²) in [5, 5.41) is 9.14. The summed E-state index contributed by atoms with van der Waals surface area (Å²) in [6.07, 6.45) is 0. The number of ether oxygens (including phenoxy) is 1. The maximum absolute atomic E-state index is 11.2. The van der Waals surface area contributed by atoms with E-state index in [0.717, 1.165) is 15.6 Å². The first-order valence-electron chi connectivity index (χ1n) is 5.77. The number of hydrogen-bond donors (Lipinski definition) is 1. The highest BCUT2D eigenvalue weighted by Gasteiger charge is 2.11. The Balaban J connectivity index is 2.17. The highest BCUT2D eigenvalue weighted by molar-refractivity contribution is 9.10. The van der Waals surface area contributed by atoms with E-state index in [0.29, 0.717) is 12.4 Å². The minimum absolute atomic E-state index is 0.190. The molecule has 2 aromatic carbocycles. The van der Waals surface area contributed by atoms with Gasteiger partial charge in [0.2, 0.25) is 0 Å². The summed E-state index contributed by atoms with van der Waals surface area (Å²) in [5.74, 6) is -0.592. The van der Waals surface area contributed by atoms with E-state index in [1.165, 1.54) is 0 Å². The molecule has 3 nitrogen and oxygen atoms in total. The summed E-state index contributed by atoms with van der Waals surface area (Å²) in [5.41, 5.74) is 2.06. The molecule has 0 unspecified atom stereocenters. The molecule has 19 heavy (non-hydrogen) atoms. The molecule has 2 rings (SSSR count). The highest BCUT2D eigenvalue weighted by Crippen LogP contribution is 2.22. The summed E-state index contributed by atoms with van der Waals surface area (Å²) >= 11 is 3.39. The summed E-state index contributed by atoms with van der Waals surface area (Å²) in [6, 6.07) is 12.8. The third-order valence-electron chi connectivity index (χ3n) is 2.65. The maximum Gasteiger partial charge on any atom is 0.339 e. The Labute approximate surface area is 120 Å². The Morgan fingerprint density at radius 3 is 2.74 bits per heavy atom. The van der Waals surface area contributed by atoms with E-state index < -0.39 is 5.97 Å². The first-order valence-corrected chi connectivity index (χ1v) is 6.57. The smallest absolute Gasteiger partial charge is 0.339 e. The number of halogens is 1. The number of carboxylic acid groups (broad SMARTS) is 1. The fourth-order valence-electron chi connectivity index (χ4n) is 1.72. The Kier molecular flexibility index (Phi) is 4.22. The van der Waals surface area contributed by atoms with Crippen molar-refractivity contribution in [1.29, 1.82) is 0 Å². The van der Waals surface area contributed by atoms with Crippen molar-refractivity contribution in [1.82, 2.24) is 0 Å². The van der Waals surface area contributed by atoms with Crippen LogP contribution in [0, 0.1) is 6.92 Å². The molecule has 98 valence electrons. The molecule has 0 aromatic heterocycles. The van der Waals surface area contributed by atoms with Gasteiger partial charge in [-0.2, -0.15) is 0 Å². The van der Waals surface area contributed by atoms with Crippen LogP contribution < -0.4 is 4.74 Å². The summed E-state index contributed by atoms with van der Waals surface area (Å²) in [7, 11) is 0. The van der Waals surface area contributed by atoms with Gasteiger partial charge in [0.15, 0.2) is 0 Å². The molecule has 0 amide bonds. The number of hydrogen-bond acceptors (Lipinski definition) is 2. The molecule has 0 atom stereocenters. The van der Waals surface area contributed by atoms with Crippen LogP contribution in [-0.4, -0.2) is 11.1 Å². The van der Waals surface area contributed by atoms with Crippen LogP contribution in [0.25, 0.3) is 0 Å². The molecule has 0 aliphatic carbocycles. The summed E-state index contributed by atoms with van der Waals surface area (Å²) in [6.45, 7) is 2.19. The van der Waals surface area contributed by atoms with Crippen LogP contribution in [-0.2, 0) is 6.61 Å². The van der Waals surface area contributed by atoms with Crippen molar-refractivity contribution in [2.75, 3.05) is 0 Å². The standard InChI is InChI=1S/C15H13BrO3/c1-10-5-6-14(13(7-10)15(17)18)19-9-11-3-2-4-12(16)8-11/h2-8H,9H2,1H3,(H,17,18). The second-order valence-corrected chi connectivity index (χ2v) is 5.14. The molecule has 0 aliphatic heterocycles. The molecule has 0 aliphatic rings. The summed E-state index contributed by atoms with van der Waals surface area (Å²) in [4.78, 5) is 11.2. The fourth-order valence-corrected chi connectivity index (χ4v) is 2.17. The molecule has 0 spiro atoms. The van der Waals surface area contributed by atoms with Crippen LogP contribution in [0.3, 0.4) is 0 Å². The lowest BCUT2D eigenvalue weighted by molar-refractivity contribution is 0.0691. The Hall–Kier alpha value is -1.81. The van der Waals surface area contributed by atoms with Gasteiger partial charge in [0.05, 0.1) is 0 Å². The Bertz CT molecular complexity index is 608. The average Bonchev–Trinajstić information content (AvgIpc) is 2.37. The molecule has 0 bridgehead atoms. The van der Waals surface area contributed by atoms with Crippen LogP contribution in [0.1, 0.15) is 21.5 Å². The number of carbonyl (C=O) groups is 1. The zero-order chi connectivity index (χ0) is 13.8. The van der Waals surface area contributed by atoms with Crippen molar-refractivity contribution in [2.24, 2.45) is 0 Å². The van der Waals surface area contributed by atoms with E-state index >= 15 is 0 Å². The van der Waals surface area contributed by atoms with Gasteiger partial charge in [0, 0.05) is 4.47 Å². The molecular formula is C15H13BrO3. The van der Waals surface area contributed by atoms with Gasteiger partial charge in [0.25, 0.3) is 0 Å². The monoisotopic (exact) mass is 320 g/mol. The number of aromatic carboxylic acids is 1. The zero-order valence-corrected chi connectivity index (χ0v) is 12.0. The van der Waals surface area contributed by atoms with Gasteiger partial charge in [-0.05, 0) is 36.8 Å². The molecule has 4 heteroatoms. The van der Waals surface area contributed by atoms with Crippen LogP contribution in [0.2, 0.25) is 0 Å². The lowest BCUT2D eigenvalue weighted by atomic mass is 10.1. The van der Waals surface area contributed by atoms with Gasteiger partial charge >= 0.3 is 5.97 Å². The van der Waals surface area contributed by atoms with Gasteiger partial charge in [-0.1, -0.05) is 39.7 Å². The van der Waals surface area contributed by atoms with Crippen molar-refractivity contribution >= 4 is 21.9 Å². The lowest BCUT2D eigenvalue weighted by Gasteiger charge is -2.10. The quantitative estimate of drug-likeness (QED) is 0.924. The van der Waals surface area contributed by atoms with E-state index in [1.807, 2.05) is 37.3 Å². The van der Waals surface area contributed by atoms with Crippen LogP contribution in [0.4, 0.5) is 0 Å². The van der Waals surface area contributed by atoms with Crippen LogP contribution >= 0.6 is 15.9 Å². The average molecular weight is 321 g/mol. The van der Waals surface area contributed by atoms with Gasteiger partial charge in [-0.15, -0.1) is 0 Å². The topological polar surface area (TPSA) is 46.5 Å². The van der Waals surface area contributed by atoms with Gasteiger partial charge < -0.3 is 9.84 Å². The minimum atomic E-state index is -0.979. The number of rotatable bonds is 4. The number of carboxylic acids is 1. The van der Waals surface area contributed by atoms with E-state index in [4.69, 9.17) is 9.84 Å². The lowest BCUT2D eigenvalue weighted by Crippen LogP contribution is -2.03. The SMILES string of the molecule is Cc1ccc(OCc2cccc(Br)c2)c(C(=O)O)c1. The third kappa shape index (κ3) is 3.58. The predicted octanol–water partition coefficient (Wildman–Crippen LogP) is 4.03. The van der Waals surface area contributed by atoms with Gasteiger partial charge in [0.1, 0.15) is 17.9 Å². The highest BCUT2D eigenvalue weighted by atomic mass is 79.9. The molecule has 0 saturated carbocycles. The van der Waals surface area contributed by atoms with Gasteiger partial charge in [-0.3, -0.25) is 0 Å². The van der Waals surface area contributed by atoms with Crippen molar-refractivity contribution in [3.05, 3.63) is 63.6 Å². The van der Waals surface area contributed by atoms with Crippen molar-refractivity contribution in [3.63, 3.8) is 0 Å². The minimum Gasteiger partial charge on any atom is -0.488 e. The maximum atomic E-state index is 11.2. The molecule has 2 aromatic rings. The van der Waals surface area contributed by atoms with Crippen molar-refractivity contribution in [3.8, 4) is 5.75 Å². The van der Waals surface area contributed by atoms with E-state index in [1.54, 1.807) is 12.1 Å². The molecule has 0 radical (unpaired) electrons. The van der Waals surface area contributed by atoms with E-state index in [9.17, 15) is 4.79 Å². The second-order valence-electron chi connectivity index (χ2n) is 4.22. The number of benzene rings is 2. The number of aryl methyl sites for hydroxylation is 1. The van der Waals surface area contributed by atoms with E-state index in [2.05, 4.69) is 15.9 Å². The zero-order valence-electron chi connectivity index (χ0n) is 10.4. The second kappa shape index (κ2) is 5.89. The Morgan fingerprint density at radius 2 is 2.05 bits per heavy atom. The molecule has 0 saturated heterocycles.